The molecule has 2 rings (SSSR count). The molecule has 0 aliphatic carbocycles. The Kier molecular flexibility index (Phi) is 4.31. The van der Waals surface area contributed by atoms with Crippen LogP contribution in [0.2, 0.25) is 0 Å². The van der Waals surface area contributed by atoms with Crippen molar-refractivity contribution >= 4 is 17.9 Å². The van der Waals surface area contributed by atoms with Gasteiger partial charge in [0, 0.05) is 24.7 Å². The molecule has 0 heterocycles. The Morgan fingerprint density at radius 1 is 1.10 bits per heavy atom. The van der Waals surface area contributed by atoms with Crippen LogP contribution in [-0.4, -0.2) is 19.2 Å². The highest BCUT2D eigenvalue weighted by Crippen LogP contribution is 2.15. The zero-order valence-electron chi connectivity index (χ0n) is 11.7. The van der Waals surface area contributed by atoms with E-state index in [0.29, 0.717) is 12.0 Å². The van der Waals surface area contributed by atoms with Crippen molar-refractivity contribution in [2.75, 3.05) is 11.9 Å². The van der Waals surface area contributed by atoms with E-state index < -0.39 is 0 Å². The lowest BCUT2D eigenvalue weighted by atomic mass is 9.99. The maximum Gasteiger partial charge on any atom is 0.213 e. The van der Waals surface area contributed by atoms with Crippen LogP contribution in [0.1, 0.15) is 21.5 Å². The van der Waals surface area contributed by atoms with Crippen molar-refractivity contribution in [1.29, 1.82) is 0 Å². The first-order valence-corrected chi connectivity index (χ1v) is 6.47. The highest BCUT2D eigenvalue weighted by atomic mass is 16.1. The minimum atomic E-state index is 0.0830. The zero-order valence-corrected chi connectivity index (χ0v) is 11.7. The van der Waals surface area contributed by atoms with Crippen molar-refractivity contribution in [3.8, 4) is 0 Å². The number of anilines is 1. The summed E-state index contributed by atoms with van der Waals surface area (Å²) < 4.78 is 0. The molecule has 0 saturated heterocycles. The van der Waals surface area contributed by atoms with E-state index in [1.165, 1.54) is 4.90 Å². The lowest BCUT2D eigenvalue weighted by molar-refractivity contribution is -0.107. The highest BCUT2D eigenvalue weighted by Gasteiger charge is 2.09. The minimum absolute atomic E-state index is 0.0830. The van der Waals surface area contributed by atoms with E-state index >= 15 is 0 Å². The molecule has 0 N–H and O–H groups in total. The lowest BCUT2D eigenvalue weighted by Gasteiger charge is -2.11. The summed E-state index contributed by atoms with van der Waals surface area (Å²) in [7, 11) is 1.68. The number of nitrogens with zero attached hydrogens (tertiary/aromatic N) is 1. The second kappa shape index (κ2) is 6.15. The van der Waals surface area contributed by atoms with Gasteiger partial charge in [0.05, 0.1) is 0 Å². The third-order valence-corrected chi connectivity index (χ3v) is 3.37. The van der Waals surface area contributed by atoms with Gasteiger partial charge in [0.15, 0.2) is 5.78 Å². The number of benzene rings is 2. The smallest absolute Gasteiger partial charge is 0.213 e. The lowest BCUT2D eigenvalue weighted by Crippen LogP contribution is -2.13. The van der Waals surface area contributed by atoms with Crippen molar-refractivity contribution in [2.45, 2.75) is 13.3 Å². The normalized spacial score (nSPS) is 10.1. The van der Waals surface area contributed by atoms with Gasteiger partial charge < -0.3 is 4.90 Å². The van der Waals surface area contributed by atoms with Crippen LogP contribution < -0.4 is 4.90 Å². The van der Waals surface area contributed by atoms with Gasteiger partial charge >= 0.3 is 0 Å². The molecule has 0 unspecified atom stereocenters. The Labute approximate surface area is 118 Å². The molecule has 3 nitrogen and oxygen atoms in total. The van der Waals surface area contributed by atoms with E-state index in [4.69, 9.17) is 0 Å². The molecule has 0 radical (unpaired) electrons. The third kappa shape index (κ3) is 3.12. The van der Waals surface area contributed by atoms with Crippen LogP contribution in [0.4, 0.5) is 5.69 Å². The van der Waals surface area contributed by atoms with Gasteiger partial charge in [-0.1, -0.05) is 24.3 Å². The summed E-state index contributed by atoms with van der Waals surface area (Å²) in [6.07, 6.45) is 1.14. The predicted molar refractivity (Wildman–Crippen MR) is 80.1 cm³/mol. The molecular formula is C17H17NO2. The van der Waals surface area contributed by atoms with E-state index in [1.807, 2.05) is 31.2 Å². The molecular weight excluding hydrogens is 250 g/mol. The number of rotatable bonds is 5. The van der Waals surface area contributed by atoms with Gasteiger partial charge in [-0.25, -0.2) is 0 Å². The van der Waals surface area contributed by atoms with Gasteiger partial charge in [0.1, 0.15) is 0 Å². The fourth-order valence-corrected chi connectivity index (χ4v) is 2.03. The van der Waals surface area contributed by atoms with Crippen molar-refractivity contribution in [3.05, 3.63) is 65.2 Å². The molecule has 0 atom stereocenters. The Morgan fingerprint density at radius 3 is 2.35 bits per heavy atom. The number of carbonyl (C=O) groups excluding carboxylic acids is 2. The molecule has 0 fully saturated rings. The fraction of sp³-hybridized carbons (Fsp3) is 0.176. The first-order valence-electron chi connectivity index (χ1n) is 6.47. The van der Waals surface area contributed by atoms with Crippen LogP contribution in [0.15, 0.2) is 48.5 Å². The van der Waals surface area contributed by atoms with Crippen molar-refractivity contribution < 1.29 is 9.59 Å². The largest absolute Gasteiger partial charge is 0.318 e. The van der Waals surface area contributed by atoms with Crippen molar-refractivity contribution in [2.24, 2.45) is 0 Å². The van der Waals surface area contributed by atoms with Gasteiger partial charge in [0.2, 0.25) is 6.41 Å². The number of amides is 1. The Hall–Kier alpha value is -2.42. The van der Waals surface area contributed by atoms with E-state index in [0.717, 1.165) is 23.2 Å². The monoisotopic (exact) mass is 267 g/mol. The third-order valence-electron chi connectivity index (χ3n) is 3.37. The van der Waals surface area contributed by atoms with Crippen LogP contribution in [0, 0.1) is 6.92 Å². The summed E-state index contributed by atoms with van der Waals surface area (Å²) in [4.78, 5) is 24.4. The Bertz CT molecular complexity index is 617. The number of hydrogen-bond donors (Lipinski definition) is 0. The Morgan fingerprint density at radius 2 is 1.75 bits per heavy atom. The number of aryl methyl sites for hydroxylation is 1. The first-order chi connectivity index (χ1) is 9.61. The Balaban J connectivity index is 2.14. The minimum Gasteiger partial charge on any atom is -0.318 e. The molecule has 1 amide bonds. The van der Waals surface area contributed by atoms with Gasteiger partial charge in [-0.2, -0.15) is 0 Å². The van der Waals surface area contributed by atoms with Crippen LogP contribution in [0.25, 0.3) is 0 Å². The SMILES string of the molecule is Cc1ccccc1CC(=O)c1ccc(N(C)C=O)cc1. The summed E-state index contributed by atoms with van der Waals surface area (Å²) in [6, 6.07) is 15.0. The fourth-order valence-electron chi connectivity index (χ4n) is 2.03. The van der Waals surface area contributed by atoms with Crippen LogP contribution in [0.3, 0.4) is 0 Å². The molecule has 0 aromatic heterocycles. The second-order valence-electron chi connectivity index (χ2n) is 4.79. The molecule has 3 heteroatoms. The molecule has 0 spiro atoms. The summed E-state index contributed by atoms with van der Waals surface area (Å²) >= 11 is 0. The van der Waals surface area contributed by atoms with E-state index in [1.54, 1.807) is 31.3 Å². The number of Topliss-reactive ketones (excluding diaryl/α,β-unsaturated/α-hetero) is 1. The van der Waals surface area contributed by atoms with E-state index in [2.05, 4.69) is 0 Å². The average molecular weight is 267 g/mol. The molecule has 102 valence electrons. The van der Waals surface area contributed by atoms with Gasteiger partial charge in [-0.3, -0.25) is 9.59 Å². The second-order valence-corrected chi connectivity index (χ2v) is 4.79. The first kappa shape index (κ1) is 14.0. The standard InChI is InChI=1S/C17H17NO2/c1-13-5-3-4-6-15(13)11-17(20)14-7-9-16(10-8-14)18(2)12-19/h3-10,12H,11H2,1-2H3. The predicted octanol–water partition coefficient (Wildman–Crippen LogP) is 3.01. The molecule has 0 aliphatic rings. The average Bonchev–Trinajstić information content (AvgIpc) is 2.49. The molecule has 2 aromatic rings. The van der Waals surface area contributed by atoms with Crippen LogP contribution in [0.5, 0.6) is 0 Å². The number of hydrogen-bond acceptors (Lipinski definition) is 2. The zero-order chi connectivity index (χ0) is 14.5. The molecule has 2 aromatic carbocycles. The quantitative estimate of drug-likeness (QED) is 0.617. The molecule has 20 heavy (non-hydrogen) atoms. The van der Waals surface area contributed by atoms with Crippen molar-refractivity contribution in [1.82, 2.24) is 0 Å². The van der Waals surface area contributed by atoms with Crippen molar-refractivity contribution in [3.63, 3.8) is 0 Å². The van der Waals surface area contributed by atoms with E-state index in [-0.39, 0.29) is 5.78 Å². The molecule has 0 saturated carbocycles. The maximum absolute atomic E-state index is 12.2. The van der Waals surface area contributed by atoms with Gasteiger partial charge in [0.25, 0.3) is 0 Å². The van der Waals surface area contributed by atoms with Crippen LogP contribution in [-0.2, 0) is 11.2 Å². The number of carbonyl (C=O) groups is 2. The molecule has 0 aliphatic heterocycles. The van der Waals surface area contributed by atoms with Gasteiger partial charge in [-0.15, -0.1) is 0 Å². The van der Waals surface area contributed by atoms with E-state index in [9.17, 15) is 9.59 Å². The van der Waals surface area contributed by atoms with Crippen LogP contribution >= 0.6 is 0 Å². The topological polar surface area (TPSA) is 37.4 Å². The summed E-state index contributed by atoms with van der Waals surface area (Å²) in [6.45, 7) is 2.00. The highest BCUT2D eigenvalue weighted by molar-refractivity contribution is 5.98. The van der Waals surface area contributed by atoms with Gasteiger partial charge in [-0.05, 0) is 42.3 Å². The maximum atomic E-state index is 12.2. The summed E-state index contributed by atoms with van der Waals surface area (Å²) in [5.41, 5.74) is 3.61. The number of ketones is 1. The summed E-state index contributed by atoms with van der Waals surface area (Å²) in [5, 5.41) is 0. The molecule has 0 bridgehead atoms. The summed E-state index contributed by atoms with van der Waals surface area (Å²) in [5.74, 6) is 0.0830.